The molecule has 2 bridgehead atoms. The second kappa shape index (κ2) is 2.47. The molecule has 3 fully saturated rings. The van der Waals surface area contributed by atoms with Gasteiger partial charge in [0.2, 0.25) is 0 Å². The van der Waals surface area contributed by atoms with E-state index in [9.17, 15) is 9.90 Å². The van der Waals surface area contributed by atoms with E-state index in [1.165, 1.54) is 0 Å². The second-order valence-corrected chi connectivity index (χ2v) is 4.61. The van der Waals surface area contributed by atoms with Gasteiger partial charge in [-0.25, -0.2) is 0 Å². The first kappa shape index (κ1) is 7.80. The molecule has 72 valence electrons. The highest BCUT2D eigenvalue weighted by atomic mass is 16.5. The number of rotatable bonds is 0. The molecule has 2 saturated carbocycles. The van der Waals surface area contributed by atoms with Gasteiger partial charge in [-0.2, -0.15) is 0 Å². The highest BCUT2D eigenvalue weighted by Crippen LogP contribution is 2.55. The molecule has 2 aliphatic carbocycles. The van der Waals surface area contributed by atoms with Crippen LogP contribution in [0, 0.1) is 23.7 Å². The summed E-state index contributed by atoms with van der Waals surface area (Å²) in [6.07, 6.45) is 2.69. The Hall–Kier alpha value is -0.570. The zero-order valence-corrected chi connectivity index (χ0v) is 7.48. The summed E-state index contributed by atoms with van der Waals surface area (Å²) in [6.45, 7) is 0.565. The first-order valence-corrected chi connectivity index (χ1v) is 5.12. The van der Waals surface area contributed by atoms with Gasteiger partial charge in [0.25, 0.3) is 0 Å². The molecule has 5 atom stereocenters. The van der Waals surface area contributed by atoms with Crippen molar-refractivity contribution in [3.05, 3.63) is 0 Å². The van der Waals surface area contributed by atoms with Gasteiger partial charge in [0.15, 0.2) is 0 Å². The topological polar surface area (TPSA) is 46.5 Å². The van der Waals surface area contributed by atoms with Crippen LogP contribution in [0.4, 0.5) is 0 Å². The summed E-state index contributed by atoms with van der Waals surface area (Å²) in [5.41, 5.74) is 0. The molecule has 5 unspecified atom stereocenters. The van der Waals surface area contributed by atoms with Gasteiger partial charge in [0.1, 0.15) is 0 Å². The molecule has 1 saturated heterocycles. The normalized spacial score (nSPS) is 53.3. The molecule has 3 rings (SSSR count). The van der Waals surface area contributed by atoms with E-state index < -0.39 is 0 Å². The molecule has 13 heavy (non-hydrogen) atoms. The quantitative estimate of drug-likeness (QED) is 0.557. The number of esters is 1. The number of aliphatic hydroxyl groups is 1. The molecule has 0 spiro atoms. The van der Waals surface area contributed by atoms with Crippen LogP contribution in [0.3, 0.4) is 0 Å². The van der Waals surface area contributed by atoms with Crippen molar-refractivity contribution >= 4 is 5.97 Å². The van der Waals surface area contributed by atoms with Crippen LogP contribution in [0.5, 0.6) is 0 Å². The Balaban J connectivity index is 1.90. The molecule has 0 aromatic heterocycles. The van der Waals surface area contributed by atoms with Gasteiger partial charge in [0, 0.05) is 0 Å². The summed E-state index contributed by atoms with van der Waals surface area (Å²) < 4.78 is 5.06. The van der Waals surface area contributed by atoms with Crippen molar-refractivity contribution in [2.45, 2.75) is 25.4 Å². The van der Waals surface area contributed by atoms with Gasteiger partial charge in [-0.05, 0) is 37.0 Å². The van der Waals surface area contributed by atoms with Gasteiger partial charge >= 0.3 is 5.97 Å². The number of carbonyl (C=O) groups is 1. The summed E-state index contributed by atoms with van der Waals surface area (Å²) in [4.78, 5) is 11.5. The molecule has 1 heterocycles. The molecule has 3 heteroatoms. The van der Waals surface area contributed by atoms with E-state index >= 15 is 0 Å². The smallest absolute Gasteiger partial charge is 0.309 e. The first-order chi connectivity index (χ1) is 6.27. The van der Waals surface area contributed by atoms with Gasteiger partial charge in [-0.3, -0.25) is 4.79 Å². The lowest BCUT2D eigenvalue weighted by Crippen LogP contribution is -2.40. The number of cyclic esters (lactones) is 1. The van der Waals surface area contributed by atoms with E-state index in [2.05, 4.69) is 0 Å². The van der Waals surface area contributed by atoms with Gasteiger partial charge in [-0.1, -0.05) is 0 Å². The van der Waals surface area contributed by atoms with E-state index in [0.29, 0.717) is 24.4 Å². The van der Waals surface area contributed by atoms with E-state index in [1.807, 2.05) is 0 Å². The first-order valence-electron chi connectivity index (χ1n) is 5.12. The third kappa shape index (κ3) is 0.909. The standard InChI is InChI=1S/C10H14O3/c11-8-4-5-3-7(8)6-1-2-13-10(12)9(5)6/h5-9,11H,1-4H2. The second-order valence-electron chi connectivity index (χ2n) is 4.61. The Morgan fingerprint density at radius 3 is 3.00 bits per heavy atom. The summed E-state index contributed by atoms with van der Waals surface area (Å²) in [6, 6.07) is 0. The van der Waals surface area contributed by atoms with Crippen LogP contribution in [0.1, 0.15) is 19.3 Å². The predicted molar refractivity (Wildman–Crippen MR) is 44.8 cm³/mol. The van der Waals surface area contributed by atoms with Crippen molar-refractivity contribution in [3.63, 3.8) is 0 Å². The molecule has 0 aromatic rings. The Bertz CT molecular complexity index is 251. The zero-order valence-electron chi connectivity index (χ0n) is 7.48. The SMILES string of the molecule is O=C1OCCC2C3CC(CC3O)C12. The maximum Gasteiger partial charge on any atom is 0.309 e. The van der Waals surface area contributed by atoms with Gasteiger partial charge in [-0.15, -0.1) is 0 Å². The van der Waals surface area contributed by atoms with Gasteiger partial charge < -0.3 is 9.84 Å². The number of hydrogen-bond acceptors (Lipinski definition) is 3. The fraction of sp³-hybridized carbons (Fsp3) is 0.900. The van der Waals surface area contributed by atoms with Crippen LogP contribution >= 0.6 is 0 Å². The van der Waals surface area contributed by atoms with Crippen molar-refractivity contribution in [2.75, 3.05) is 6.61 Å². The summed E-state index contributed by atoms with van der Waals surface area (Å²) >= 11 is 0. The third-order valence-electron chi connectivity index (χ3n) is 4.10. The van der Waals surface area contributed by atoms with E-state index in [-0.39, 0.29) is 18.0 Å². The molecule has 3 aliphatic rings. The third-order valence-corrected chi connectivity index (χ3v) is 4.10. The molecule has 1 aliphatic heterocycles. The van der Waals surface area contributed by atoms with Gasteiger partial charge in [0.05, 0.1) is 18.6 Å². The minimum absolute atomic E-state index is 0.00403. The monoisotopic (exact) mass is 182 g/mol. The highest BCUT2D eigenvalue weighted by Gasteiger charge is 2.56. The molecule has 0 radical (unpaired) electrons. The minimum Gasteiger partial charge on any atom is -0.465 e. The van der Waals surface area contributed by atoms with Crippen molar-refractivity contribution in [1.82, 2.24) is 0 Å². The van der Waals surface area contributed by atoms with Crippen LogP contribution in [0.25, 0.3) is 0 Å². The molecule has 0 amide bonds. The summed E-state index contributed by atoms with van der Waals surface area (Å²) in [5, 5.41) is 9.69. The van der Waals surface area contributed by atoms with Crippen molar-refractivity contribution in [1.29, 1.82) is 0 Å². The summed E-state index contributed by atoms with van der Waals surface area (Å²) in [7, 11) is 0. The Morgan fingerprint density at radius 1 is 1.31 bits per heavy atom. The zero-order chi connectivity index (χ0) is 9.00. The maximum absolute atomic E-state index is 11.5. The van der Waals surface area contributed by atoms with Crippen LogP contribution in [0.15, 0.2) is 0 Å². The molecular formula is C10H14O3. The van der Waals surface area contributed by atoms with Crippen LogP contribution in [-0.4, -0.2) is 23.8 Å². The van der Waals surface area contributed by atoms with Crippen molar-refractivity contribution in [2.24, 2.45) is 23.7 Å². The van der Waals surface area contributed by atoms with Crippen LogP contribution in [0.2, 0.25) is 0 Å². The number of carbonyl (C=O) groups excluding carboxylic acids is 1. The van der Waals surface area contributed by atoms with Crippen molar-refractivity contribution < 1.29 is 14.6 Å². The lowest BCUT2D eigenvalue weighted by Gasteiger charge is -2.35. The fourth-order valence-corrected chi connectivity index (χ4v) is 3.61. The minimum atomic E-state index is -0.142. The van der Waals surface area contributed by atoms with E-state index in [0.717, 1.165) is 19.3 Å². The highest BCUT2D eigenvalue weighted by molar-refractivity contribution is 5.74. The maximum atomic E-state index is 11.5. The average Bonchev–Trinajstić information content (AvgIpc) is 2.61. The Kier molecular flexibility index (Phi) is 1.48. The lowest BCUT2D eigenvalue weighted by atomic mass is 9.75. The predicted octanol–water partition coefficient (Wildman–Crippen LogP) is 0.566. The van der Waals surface area contributed by atoms with Crippen LogP contribution < -0.4 is 0 Å². The molecular weight excluding hydrogens is 168 g/mol. The largest absolute Gasteiger partial charge is 0.465 e. The van der Waals surface area contributed by atoms with Crippen molar-refractivity contribution in [3.8, 4) is 0 Å². The lowest BCUT2D eigenvalue weighted by molar-refractivity contribution is -0.161. The Morgan fingerprint density at radius 2 is 2.15 bits per heavy atom. The number of aliphatic hydroxyl groups excluding tert-OH is 1. The van der Waals surface area contributed by atoms with E-state index in [1.54, 1.807) is 0 Å². The number of hydrogen-bond donors (Lipinski definition) is 1. The molecule has 0 aromatic carbocycles. The molecule has 3 nitrogen and oxygen atoms in total. The Labute approximate surface area is 77.1 Å². The molecule has 1 N–H and O–H groups in total. The van der Waals surface area contributed by atoms with E-state index in [4.69, 9.17) is 4.74 Å². The number of fused-ring (bicyclic) bond motifs is 5. The number of ether oxygens (including phenoxy) is 1. The average molecular weight is 182 g/mol. The van der Waals surface area contributed by atoms with Crippen LogP contribution in [-0.2, 0) is 9.53 Å². The fourth-order valence-electron chi connectivity index (χ4n) is 3.61. The summed E-state index contributed by atoms with van der Waals surface area (Å²) in [5.74, 6) is 1.36.